The molecule has 7 rings (SSSR count). The Kier molecular flexibility index (Phi) is 10.8. The van der Waals surface area contributed by atoms with Gasteiger partial charge in [-0.1, -0.05) is 95.5 Å². The molecule has 2 aliphatic heterocycles. The van der Waals surface area contributed by atoms with E-state index in [1.54, 1.807) is 48.7 Å². The van der Waals surface area contributed by atoms with Gasteiger partial charge < -0.3 is 19.1 Å². The summed E-state index contributed by atoms with van der Waals surface area (Å²) in [5.41, 5.74) is 2.06. The molecule has 52 heavy (non-hydrogen) atoms. The summed E-state index contributed by atoms with van der Waals surface area (Å²) in [4.78, 5) is 44.1. The second kappa shape index (κ2) is 15.7. The van der Waals surface area contributed by atoms with Crippen molar-refractivity contribution in [2.75, 3.05) is 11.5 Å². The zero-order chi connectivity index (χ0) is 36.4. The highest BCUT2D eigenvalue weighted by molar-refractivity contribution is 8.01. The molecule has 0 N–H and O–H groups in total. The van der Waals surface area contributed by atoms with Crippen LogP contribution < -0.4 is 14.4 Å². The number of carbonyl (C=O) groups is 3. The number of thioether (sulfide) groups is 1. The lowest BCUT2D eigenvalue weighted by Gasteiger charge is -2.51. The summed E-state index contributed by atoms with van der Waals surface area (Å²) in [7, 11) is 0. The van der Waals surface area contributed by atoms with Gasteiger partial charge in [-0.05, 0) is 59.0 Å². The van der Waals surface area contributed by atoms with Gasteiger partial charge >= 0.3 is 5.97 Å². The summed E-state index contributed by atoms with van der Waals surface area (Å²) in [6.07, 6.45) is 0.922. The summed E-state index contributed by atoms with van der Waals surface area (Å²) in [5, 5.41) is 2.17. The predicted molar refractivity (Wildman–Crippen MR) is 206 cm³/mol. The Morgan fingerprint density at radius 2 is 1.48 bits per heavy atom. The molecule has 3 atom stereocenters. The van der Waals surface area contributed by atoms with Crippen LogP contribution in [-0.4, -0.2) is 46.0 Å². The number of hydrogen-bond donors (Lipinski definition) is 0. The molecule has 0 saturated carbocycles. The quantitative estimate of drug-likeness (QED) is 0.0973. The molecule has 0 radical (unpaired) electrons. The summed E-state index contributed by atoms with van der Waals surface area (Å²) >= 11 is 21.4. The molecule has 0 spiro atoms. The van der Waals surface area contributed by atoms with Crippen LogP contribution in [0.5, 0.6) is 17.2 Å². The van der Waals surface area contributed by atoms with Crippen LogP contribution in [0.2, 0.25) is 15.1 Å². The summed E-state index contributed by atoms with van der Waals surface area (Å²) in [6, 6.07) is 31.5. The minimum Gasteiger partial charge on any atom is -0.485 e. The van der Waals surface area contributed by atoms with Gasteiger partial charge in [0.2, 0.25) is 5.91 Å². The third kappa shape index (κ3) is 7.53. The van der Waals surface area contributed by atoms with Crippen molar-refractivity contribution in [3.8, 4) is 17.2 Å². The molecule has 0 bridgehead atoms. The third-order valence-corrected chi connectivity index (χ3v) is 11.6. The molecule has 0 aliphatic carbocycles. The van der Waals surface area contributed by atoms with Gasteiger partial charge in [0, 0.05) is 34.8 Å². The SMILES string of the molecule is CC(=O)N(c1cccs1)C1C(=O)N2C=C(COc3cc(Cl)ccc3Oc3ccc(Cl)cc3Cl)C(C(=O)OC(c3ccccc3)c3ccccc3)S[C@H]12. The first-order chi connectivity index (χ1) is 25.2. The van der Waals surface area contributed by atoms with Crippen molar-refractivity contribution in [1.82, 2.24) is 4.90 Å². The molecule has 3 heterocycles. The van der Waals surface area contributed by atoms with Crippen LogP contribution >= 0.6 is 57.9 Å². The Bertz CT molecular complexity index is 2100. The van der Waals surface area contributed by atoms with Gasteiger partial charge in [0.1, 0.15) is 29.0 Å². The lowest BCUT2D eigenvalue weighted by molar-refractivity contribution is -0.147. The Labute approximate surface area is 323 Å². The second-order valence-corrected chi connectivity index (χ2v) is 15.3. The molecule has 2 amide bonds. The Balaban J connectivity index is 1.21. The molecular weight excluding hydrogens is 763 g/mol. The monoisotopic (exact) mass is 790 g/mol. The maximum atomic E-state index is 14.4. The van der Waals surface area contributed by atoms with Crippen molar-refractivity contribution >= 4 is 80.7 Å². The van der Waals surface area contributed by atoms with Crippen molar-refractivity contribution in [3.63, 3.8) is 0 Å². The normalized spacial score (nSPS) is 17.9. The molecule has 264 valence electrons. The molecule has 13 heteroatoms. The van der Waals surface area contributed by atoms with Gasteiger partial charge in [-0.2, -0.15) is 0 Å². The number of ether oxygens (including phenoxy) is 3. The number of fused-ring (bicyclic) bond motifs is 1. The molecule has 8 nitrogen and oxygen atoms in total. The molecule has 2 unspecified atom stereocenters. The summed E-state index contributed by atoms with van der Waals surface area (Å²) < 4.78 is 18.7. The van der Waals surface area contributed by atoms with E-state index >= 15 is 0 Å². The fourth-order valence-electron chi connectivity index (χ4n) is 5.95. The van der Waals surface area contributed by atoms with Gasteiger partial charge in [0.05, 0.1) is 10.0 Å². The highest BCUT2D eigenvalue weighted by Gasteiger charge is 2.56. The van der Waals surface area contributed by atoms with E-state index in [0.29, 0.717) is 37.1 Å². The number of carbonyl (C=O) groups excluding carboxylic acids is 3. The fraction of sp³-hybridized carbons (Fsp3) is 0.154. The number of nitrogens with zero attached hydrogens (tertiary/aromatic N) is 2. The molecule has 1 aromatic heterocycles. The minimum atomic E-state index is -0.904. The van der Waals surface area contributed by atoms with E-state index < -0.39 is 28.7 Å². The average molecular weight is 792 g/mol. The van der Waals surface area contributed by atoms with Gasteiger partial charge in [-0.3, -0.25) is 19.3 Å². The van der Waals surface area contributed by atoms with Gasteiger partial charge in [-0.25, -0.2) is 0 Å². The van der Waals surface area contributed by atoms with Crippen molar-refractivity contribution in [1.29, 1.82) is 0 Å². The lowest BCUT2D eigenvalue weighted by Crippen LogP contribution is -2.70. The average Bonchev–Trinajstić information content (AvgIpc) is 3.68. The number of esters is 1. The van der Waals surface area contributed by atoms with Crippen LogP contribution in [0.15, 0.2) is 126 Å². The van der Waals surface area contributed by atoms with Crippen LogP contribution in [0, 0.1) is 0 Å². The highest BCUT2D eigenvalue weighted by atomic mass is 35.5. The van der Waals surface area contributed by atoms with Crippen LogP contribution in [0.3, 0.4) is 0 Å². The summed E-state index contributed by atoms with van der Waals surface area (Å²) in [5.74, 6) is -0.145. The topological polar surface area (TPSA) is 85.4 Å². The van der Waals surface area contributed by atoms with E-state index in [-0.39, 0.29) is 24.2 Å². The standard InChI is InChI=1S/C39H29Cl3N2O6S2/c1-23(45)44(33-13-8-18-51-33)34-37(46)43-21-26(22-48-32-20-28(41)15-17-31(32)49-30-16-14-27(40)19-29(30)42)36(52-38(34)43)39(47)50-35(24-9-4-2-5-10-24)25-11-6-3-7-12-25/h2-21,34-36,38H,22H2,1H3/t34?,36?,38-/m1/s1. The molecular formula is C39H29Cl3N2O6S2. The Morgan fingerprint density at radius 1 is 0.827 bits per heavy atom. The van der Waals surface area contributed by atoms with Crippen molar-refractivity contribution in [2.24, 2.45) is 0 Å². The van der Waals surface area contributed by atoms with Crippen molar-refractivity contribution < 1.29 is 28.6 Å². The lowest BCUT2D eigenvalue weighted by atomic mass is 10.0. The number of hydrogen-bond acceptors (Lipinski definition) is 8. The fourth-order valence-corrected chi connectivity index (χ4v) is 8.80. The number of β-lactam (4-membered cyclic amide) rings is 1. The number of thiophene rings is 1. The Morgan fingerprint density at radius 3 is 2.10 bits per heavy atom. The van der Waals surface area contributed by atoms with Crippen LogP contribution in [-0.2, 0) is 19.1 Å². The van der Waals surface area contributed by atoms with E-state index in [4.69, 9.17) is 49.0 Å². The first-order valence-electron chi connectivity index (χ1n) is 16.0. The van der Waals surface area contributed by atoms with Gasteiger partial charge in [0.15, 0.2) is 17.6 Å². The number of benzene rings is 4. The third-order valence-electron chi connectivity index (χ3n) is 8.40. The maximum Gasteiger partial charge on any atom is 0.324 e. The van der Waals surface area contributed by atoms with Crippen LogP contribution in [0.4, 0.5) is 5.00 Å². The van der Waals surface area contributed by atoms with Gasteiger partial charge in [0.25, 0.3) is 5.91 Å². The molecule has 1 fully saturated rings. The van der Waals surface area contributed by atoms with Crippen LogP contribution in [0.25, 0.3) is 0 Å². The van der Waals surface area contributed by atoms with E-state index in [9.17, 15) is 14.4 Å². The first-order valence-corrected chi connectivity index (χ1v) is 19.0. The molecule has 4 aromatic carbocycles. The second-order valence-electron chi connectivity index (χ2n) is 11.8. The maximum absolute atomic E-state index is 14.4. The van der Waals surface area contributed by atoms with E-state index in [0.717, 1.165) is 11.1 Å². The van der Waals surface area contributed by atoms with Crippen molar-refractivity contribution in [2.45, 2.75) is 29.7 Å². The van der Waals surface area contributed by atoms with Gasteiger partial charge in [-0.15, -0.1) is 23.1 Å². The number of anilines is 1. The first kappa shape index (κ1) is 35.9. The minimum absolute atomic E-state index is 0.123. The molecule has 1 saturated heterocycles. The van der Waals surface area contributed by atoms with Crippen molar-refractivity contribution in [3.05, 3.63) is 153 Å². The smallest absolute Gasteiger partial charge is 0.324 e. The van der Waals surface area contributed by atoms with E-state index in [2.05, 4.69) is 0 Å². The number of amides is 2. The Hall–Kier alpha value is -4.45. The number of halogens is 3. The van der Waals surface area contributed by atoms with E-state index in [1.807, 2.05) is 72.1 Å². The largest absolute Gasteiger partial charge is 0.485 e. The number of rotatable bonds is 11. The predicted octanol–water partition coefficient (Wildman–Crippen LogP) is 9.80. The molecule has 2 aliphatic rings. The molecule has 5 aromatic rings. The van der Waals surface area contributed by atoms with E-state index in [1.165, 1.54) is 39.8 Å². The summed E-state index contributed by atoms with van der Waals surface area (Å²) in [6.45, 7) is 1.30. The zero-order valence-electron chi connectivity index (χ0n) is 27.4. The van der Waals surface area contributed by atoms with Crippen LogP contribution in [0.1, 0.15) is 24.2 Å². The highest BCUT2D eigenvalue weighted by Crippen LogP contribution is 2.46. The zero-order valence-corrected chi connectivity index (χ0v) is 31.3.